The summed E-state index contributed by atoms with van der Waals surface area (Å²) in [5.41, 5.74) is 0.739. The molecule has 2 rings (SSSR count). The molecule has 0 aliphatic rings. The van der Waals surface area contributed by atoms with Gasteiger partial charge in [-0.25, -0.2) is 4.98 Å². The van der Waals surface area contributed by atoms with E-state index in [4.69, 9.17) is 0 Å². The molecule has 0 amide bonds. The highest BCUT2D eigenvalue weighted by atomic mass is 127. The van der Waals surface area contributed by atoms with Crippen LogP contribution in [0.4, 0.5) is 0 Å². The summed E-state index contributed by atoms with van der Waals surface area (Å²) in [7, 11) is 1.89. The Labute approximate surface area is 108 Å². The molecule has 0 atom stereocenters. The zero-order valence-electron chi connectivity index (χ0n) is 8.85. The molecule has 2 aromatic rings. The van der Waals surface area contributed by atoms with Gasteiger partial charge in [-0.05, 0) is 34.7 Å². The van der Waals surface area contributed by atoms with Gasteiger partial charge in [0.2, 0.25) is 0 Å². The van der Waals surface area contributed by atoms with Gasteiger partial charge in [0.05, 0.1) is 6.42 Å². The third-order valence-corrected chi connectivity index (χ3v) is 3.13. The number of Topliss-reactive ketones (excluding diaryl/α,β-unsaturated/α-hetero) is 1. The molecule has 1 aromatic heterocycles. The van der Waals surface area contributed by atoms with E-state index in [-0.39, 0.29) is 5.78 Å². The minimum Gasteiger partial charge on any atom is -0.338 e. The van der Waals surface area contributed by atoms with Crippen molar-refractivity contribution in [1.29, 1.82) is 0 Å². The average molecular weight is 326 g/mol. The van der Waals surface area contributed by atoms with Crippen molar-refractivity contribution >= 4 is 28.4 Å². The number of rotatable bonds is 3. The fourth-order valence-electron chi connectivity index (χ4n) is 1.45. The second kappa shape index (κ2) is 4.78. The van der Waals surface area contributed by atoms with E-state index in [1.165, 1.54) is 0 Å². The van der Waals surface area contributed by atoms with Gasteiger partial charge in [0, 0.05) is 28.6 Å². The SMILES string of the molecule is Cn1ccnc1CC(=O)c1ccc(I)cc1. The minimum absolute atomic E-state index is 0.103. The first-order valence-corrected chi connectivity index (χ1v) is 5.99. The van der Waals surface area contributed by atoms with Crippen LogP contribution in [0.15, 0.2) is 36.7 Å². The van der Waals surface area contributed by atoms with E-state index in [1.807, 2.05) is 42.1 Å². The molecule has 0 spiro atoms. The summed E-state index contributed by atoms with van der Waals surface area (Å²) in [4.78, 5) is 16.1. The van der Waals surface area contributed by atoms with Crippen LogP contribution in [0.5, 0.6) is 0 Å². The van der Waals surface area contributed by atoms with E-state index < -0.39 is 0 Å². The second-order valence-corrected chi connectivity index (χ2v) is 4.81. The number of nitrogens with zero attached hydrogens (tertiary/aromatic N) is 2. The molecule has 0 saturated carbocycles. The van der Waals surface area contributed by atoms with Gasteiger partial charge in [-0.15, -0.1) is 0 Å². The van der Waals surface area contributed by atoms with Crippen LogP contribution in [0.3, 0.4) is 0 Å². The molecule has 3 nitrogen and oxygen atoms in total. The largest absolute Gasteiger partial charge is 0.338 e. The molecular weight excluding hydrogens is 315 g/mol. The number of carbonyl (C=O) groups excluding carboxylic acids is 1. The van der Waals surface area contributed by atoms with Crippen LogP contribution in [0, 0.1) is 3.57 Å². The molecule has 0 N–H and O–H groups in total. The third kappa shape index (κ3) is 2.49. The number of ketones is 1. The van der Waals surface area contributed by atoms with E-state index in [1.54, 1.807) is 6.20 Å². The number of aromatic nitrogens is 2. The van der Waals surface area contributed by atoms with Crippen molar-refractivity contribution in [2.75, 3.05) is 0 Å². The first kappa shape index (κ1) is 11.3. The first-order chi connectivity index (χ1) is 7.66. The molecular formula is C12H11IN2O. The lowest BCUT2D eigenvalue weighted by Gasteiger charge is -2.01. The van der Waals surface area contributed by atoms with Crippen LogP contribution in [-0.4, -0.2) is 15.3 Å². The van der Waals surface area contributed by atoms with Crippen LogP contribution in [0.1, 0.15) is 16.2 Å². The summed E-state index contributed by atoms with van der Waals surface area (Å²) in [5.74, 6) is 0.897. The molecule has 1 heterocycles. The summed E-state index contributed by atoms with van der Waals surface area (Å²) >= 11 is 2.22. The molecule has 1 aromatic carbocycles. The number of halogens is 1. The lowest BCUT2D eigenvalue weighted by Crippen LogP contribution is -2.08. The molecule has 0 bridgehead atoms. The van der Waals surface area contributed by atoms with Crippen molar-refractivity contribution in [1.82, 2.24) is 9.55 Å². The first-order valence-electron chi connectivity index (χ1n) is 4.92. The van der Waals surface area contributed by atoms with Gasteiger partial charge in [-0.2, -0.15) is 0 Å². The Hall–Kier alpha value is -1.17. The van der Waals surface area contributed by atoms with E-state index in [0.29, 0.717) is 6.42 Å². The number of hydrogen-bond acceptors (Lipinski definition) is 2. The van der Waals surface area contributed by atoms with Gasteiger partial charge in [-0.1, -0.05) is 12.1 Å². The Balaban J connectivity index is 2.15. The summed E-state index contributed by atoms with van der Waals surface area (Å²) in [6.45, 7) is 0. The quantitative estimate of drug-likeness (QED) is 0.641. The Morgan fingerprint density at radius 2 is 2.06 bits per heavy atom. The van der Waals surface area contributed by atoms with Crippen LogP contribution in [-0.2, 0) is 13.5 Å². The predicted molar refractivity (Wildman–Crippen MR) is 70.4 cm³/mol. The van der Waals surface area contributed by atoms with Gasteiger partial charge in [-0.3, -0.25) is 4.79 Å². The molecule has 0 aliphatic carbocycles. The lowest BCUT2D eigenvalue weighted by molar-refractivity contribution is 0.0990. The zero-order valence-corrected chi connectivity index (χ0v) is 11.0. The Morgan fingerprint density at radius 1 is 1.38 bits per heavy atom. The fourth-order valence-corrected chi connectivity index (χ4v) is 1.81. The molecule has 4 heteroatoms. The maximum Gasteiger partial charge on any atom is 0.170 e. The Kier molecular flexibility index (Phi) is 3.38. The highest BCUT2D eigenvalue weighted by Gasteiger charge is 2.09. The normalized spacial score (nSPS) is 10.4. The van der Waals surface area contributed by atoms with Crippen LogP contribution in [0.25, 0.3) is 0 Å². The van der Waals surface area contributed by atoms with Gasteiger partial charge in [0.1, 0.15) is 5.82 Å². The van der Waals surface area contributed by atoms with Crippen LogP contribution in [0.2, 0.25) is 0 Å². The third-order valence-electron chi connectivity index (χ3n) is 2.41. The van der Waals surface area contributed by atoms with Crippen molar-refractivity contribution in [2.45, 2.75) is 6.42 Å². The summed E-state index contributed by atoms with van der Waals surface area (Å²) < 4.78 is 3.00. The van der Waals surface area contributed by atoms with Gasteiger partial charge in [0.25, 0.3) is 0 Å². The lowest BCUT2D eigenvalue weighted by atomic mass is 10.1. The molecule has 0 saturated heterocycles. The number of imidazole rings is 1. The molecule has 0 radical (unpaired) electrons. The van der Waals surface area contributed by atoms with E-state index in [9.17, 15) is 4.79 Å². The molecule has 0 fully saturated rings. The fraction of sp³-hybridized carbons (Fsp3) is 0.167. The average Bonchev–Trinajstić information content (AvgIpc) is 2.65. The number of benzene rings is 1. The Morgan fingerprint density at radius 3 is 2.62 bits per heavy atom. The summed E-state index contributed by atoms with van der Waals surface area (Å²) in [6.07, 6.45) is 3.90. The van der Waals surface area contributed by atoms with Gasteiger partial charge in [0.15, 0.2) is 5.78 Å². The van der Waals surface area contributed by atoms with Crippen LogP contribution < -0.4 is 0 Å². The van der Waals surface area contributed by atoms with Crippen molar-refractivity contribution in [3.05, 3.63) is 51.6 Å². The molecule has 0 unspecified atom stereocenters. The second-order valence-electron chi connectivity index (χ2n) is 3.56. The summed E-state index contributed by atoms with van der Waals surface area (Å²) in [5, 5.41) is 0. The highest BCUT2D eigenvalue weighted by molar-refractivity contribution is 14.1. The molecule has 82 valence electrons. The smallest absolute Gasteiger partial charge is 0.170 e. The Bertz CT molecular complexity index is 502. The number of carbonyl (C=O) groups is 1. The van der Waals surface area contributed by atoms with E-state index in [0.717, 1.165) is 15.0 Å². The van der Waals surface area contributed by atoms with Crippen molar-refractivity contribution in [2.24, 2.45) is 7.05 Å². The predicted octanol–water partition coefficient (Wildman–Crippen LogP) is 2.45. The van der Waals surface area contributed by atoms with Crippen molar-refractivity contribution in [3.63, 3.8) is 0 Å². The monoisotopic (exact) mass is 326 g/mol. The van der Waals surface area contributed by atoms with Gasteiger partial charge >= 0.3 is 0 Å². The standard InChI is InChI=1S/C12H11IN2O/c1-15-7-6-14-12(15)8-11(16)9-2-4-10(13)5-3-9/h2-7H,8H2,1H3. The minimum atomic E-state index is 0.103. The van der Waals surface area contributed by atoms with E-state index in [2.05, 4.69) is 27.6 Å². The zero-order chi connectivity index (χ0) is 11.5. The highest BCUT2D eigenvalue weighted by Crippen LogP contribution is 2.09. The van der Waals surface area contributed by atoms with Gasteiger partial charge < -0.3 is 4.57 Å². The van der Waals surface area contributed by atoms with Crippen molar-refractivity contribution in [3.8, 4) is 0 Å². The summed E-state index contributed by atoms with van der Waals surface area (Å²) in [6, 6.07) is 7.58. The number of hydrogen-bond donors (Lipinski definition) is 0. The topological polar surface area (TPSA) is 34.9 Å². The van der Waals surface area contributed by atoms with Crippen LogP contribution >= 0.6 is 22.6 Å². The maximum atomic E-state index is 11.9. The van der Waals surface area contributed by atoms with E-state index >= 15 is 0 Å². The van der Waals surface area contributed by atoms with Crippen molar-refractivity contribution < 1.29 is 4.79 Å². The molecule has 16 heavy (non-hydrogen) atoms. The molecule has 0 aliphatic heterocycles. The number of aryl methyl sites for hydroxylation is 1. The maximum absolute atomic E-state index is 11.9.